The lowest BCUT2D eigenvalue weighted by Gasteiger charge is -2.34. The SMILES string of the molecule is COc1cc(OC)cc([C@@H](C(=O)NC2CCCC2)N(C[C@@H]2CCCO2)C(=O)Cn2nnc3ccccc32)c1. The van der Waals surface area contributed by atoms with E-state index in [0.717, 1.165) is 44.0 Å². The molecule has 0 radical (unpaired) electrons. The third kappa shape index (κ3) is 5.75. The molecule has 2 fully saturated rings. The van der Waals surface area contributed by atoms with Gasteiger partial charge in [-0.15, -0.1) is 5.10 Å². The van der Waals surface area contributed by atoms with Crippen molar-refractivity contribution in [1.29, 1.82) is 0 Å². The fourth-order valence-electron chi connectivity index (χ4n) is 5.42. The van der Waals surface area contributed by atoms with E-state index in [4.69, 9.17) is 14.2 Å². The number of carbonyl (C=O) groups is 2. The molecule has 3 aromatic rings. The molecule has 1 aromatic heterocycles. The summed E-state index contributed by atoms with van der Waals surface area (Å²) in [5, 5.41) is 11.6. The summed E-state index contributed by atoms with van der Waals surface area (Å²) >= 11 is 0. The lowest BCUT2D eigenvalue weighted by Crippen LogP contribution is -2.49. The smallest absolute Gasteiger partial charge is 0.247 e. The van der Waals surface area contributed by atoms with Crippen molar-refractivity contribution in [2.24, 2.45) is 0 Å². The Balaban J connectivity index is 1.53. The second-order valence-corrected chi connectivity index (χ2v) is 9.96. The molecule has 38 heavy (non-hydrogen) atoms. The predicted octanol–water partition coefficient (Wildman–Crippen LogP) is 3.26. The maximum absolute atomic E-state index is 14.0. The number of ether oxygens (including phenoxy) is 3. The Morgan fingerprint density at radius 2 is 1.82 bits per heavy atom. The molecular weight excluding hydrogens is 486 g/mol. The summed E-state index contributed by atoms with van der Waals surface area (Å²) in [6, 6.07) is 12.0. The van der Waals surface area contributed by atoms with Crippen LogP contribution in [0.1, 0.15) is 50.1 Å². The number of carbonyl (C=O) groups excluding carboxylic acids is 2. The zero-order valence-electron chi connectivity index (χ0n) is 22.0. The summed E-state index contributed by atoms with van der Waals surface area (Å²) in [5.41, 5.74) is 2.08. The van der Waals surface area contributed by atoms with Gasteiger partial charge >= 0.3 is 0 Å². The van der Waals surface area contributed by atoms with Crippen LogP contribution in [0.25, 0.3) is 11.0 Å². The molecule has 2 aliphatic rings. The number of benzene rings is 2. The van der Waals surface area contributed by atoms with Gasteiger partial charge in [-0.05, 0) is 55.5 Å². The largest absolute Gasteiger partial charge is 0.497 e. The minimum Gasteiger partial charge on any atom is -0.497 e. The number of aromatic nitrogens is 3. The molecule has 2 heterocycles. The lowest BCUT2D eigenvalue weighted by molar-refractivity contribution is -0.143. The molecule has 1 aliphatic heterocycles. The highest BCUT2D eigenvalue weighted by Gasteiger charge is 2.36. The molecule has 2 amide bonds. The lowest BCUT2D eigenvalue weighted by atomic mass is 10.0. The first-order valence-electron chi connectivity index (χ1n) is 13.3. The van der Waals surface area contributed by atoms with Gasteiger partial charge in [-0.2, -0.15) is 0 Å². The normalized spacial score (nSPS) is 18.4. The van der Waals surface area contributed by atoms with Crippen LogP contribution in [0.15, 0.2) is 42.5 Å². The van der Waals surface area contributed by atoms with Gasteiger partial charge in [-0.3, -0.25) is 9.59 Å². The van der Waals surface area contributed by atoms with E-state index in [2.05, 4.69) is 15.6 Å². The monoisotopic (exact) mass is 521 g/mol. The number of nitrogens with zero attached hydrogens (tertiary/aromatic N) is 4. The van der Waals surface area contributed by atoms with Crippen molar-refractivity contribution < 1.29 is 23.8 Å². The molecule has 0 bridgehead atoms. The number of hydrogen-bond acceptors (Lipinski definition) is 7. The molecule has 1 aliphatic carbocycles. The molecule has 0 spiro atoms. The third-order valence-electron chi connectivity index (χ3n) is 7.40. The Morgan fingerprint density at radius 3 is 2.50 bits per heavy atom. The number of amides is 2. The number of fused-ring (bicyclic) bond motifs is 1. The fraction of sp³-hybridized carbons (Fsp3) is 0.500. The molecule has 10 nitrogen and oxygen atoms in total. The summed E-state index contributed by atoms with van der Waals surface area (Å²) in [6.07, 6.45) is 5.64. The Labute approximate surface area is 222 Å². The van der Waals surface area contributed by atoms with E-state index in [1.165, 1.54) is 0 Å². The molecule has 5 rings (SSSR count). The highest BCUT2D eigenvalue weighted by Crippen LogP contribution is 2.32. The van der Waals surface area contributed by atoms with Gasteiger partial charge < -0.3 is 24.4 Å². The van der Waals surface area contributed by atoms with Crippen molar-refractivity contribution in [2.75, 3.05) is 27.4 Å². The maximum atomic E-state index is 14.0. The van der Waals surface area contributed by atoms with Crippen LogP contribution in [0, 0.1) is 0 Å². The topological polar surface area (TPSA) is 108 Å². The maximum Gasteiger partial charge on any atom is 0.247 e. The first kappa shape index (κ1) is 26.0. The van der Waals surface area contributed by atoms with E-state index in [1.807, 2.05) is 24.3 Å². The first-order valence-corrected chi connectivity index (χ1v) is 13.3. The average molecular weight is 522 g/mol. The molecule has 202 valence electrons. The number of hydrogen-bond donors (Lipinski definition) is 1. The second kappa shape index (κ2) is 11.8. The minimum atomic E-state index is -0.897. The van der Waals surface area contributed by atoms with Crippen LogP contribution < -0.4 is 14.8 Å². The van der Waals surface area contributed by atoms with Crippen molar-refractivity contribution >= 4 is 22.8 Å². The quantitative estimate of drug-likeness (QED) is 0.436. The Bertz CT molecular complexity index is 1240. The summed E-state index contributed by atoms with van der Waals surface area (Å²) < 4.78 is 18.5. The molecule has 1 N–H and O–H groups in total. The Hall–Kier alpha value is -3.66. The van der Waals surface area contributed by atoms with Crippen LogP contribution in [0.4, 0.5) is 0 Å². The van der Waals surface area contributed by atoms with Gasteiger partial charge in [0.25, 0.3) is 0 Å². The van der Waals surface area contributed by atoms with Crippen LogP contribution in [-0.2, 0) is 20.9 Å². The van der Waals surface area contributed by atoms with Crippen molar-refractivity contribution in [3.63, 3.8) is 0 Å². The molecule has 2 aromatic carbocycles. The van der Waals surface area contributed by atoms with Gasteiger partial charge in [0.15, 0.2) is 0 Å². The minimum absolute atomic E-state index is 0.0540. The highest BCUT2D eigenvalue weighted by atomic mass is 16.5. The zero-order valence-corrected chi connectivity index (χ0v) is 22.0. The van der Waals surface area contributed by atoms with Gasteiger partial charge in [0.2, 0.25) is 11.8 Å². The summed E-state index contributed by atoms with van der Waals surface area (Å²) in [7, 11) is 3.13. The predicted molar refractivity (Wildman–Crippen MR) is 141 cm³/mol. The van der Waals surface area contributed by atoms with Crippen molar-refractivity contribution in [2.45, 2.75) is 63.3 Å². The molecule has 10 heteroatoms. The molecule has 1 saturated heterocycles. The fourth-order valence-corrected chi connectivity index (χ4v) is 5.42. The molecular formula is C28H35N5O5. The molecule has 1 saturated carbocycles. The average Bonchev–Trinajstić information content (AvgIpc) is 3.71. The third-order valence-corrected chi connectivity index (χ3v) is 7.40. The summed E-state index contributed by atoms with van der Waals surface area (Å²) in [4.78, 5) is 29.6. The van der Waals surface area contributed by atoms with Gasteiger partial charge in [0, 0.05) is 25.3 Å². The molecule has 0 unspecified atom stereocenters. The van der Waals surface area contributed by atoms with Crippen LogP contribution in [-0.4, -0.2) is 71.2 Å². The van der Waals surface area contributed by atoms with Crippen molar-refractivity contribution in [3.05, 3.63) is 48.0 Å². The Morgan fingerprint density at radius 1 is 1.08 bits per heavy atom. The van der Waals surface area contributed by atoms with Crippen LogP contribution >= 0.6 is 0 Å². The van der Waals surface area contributed by atoms with E-state index in [-0.39, 0.29) is 37.0 Å². The molecule has 2 atom stereocenters. The van der Waals surface area contributed by atoms with Crippen molar-refractivity contribution in [3.8, 4) is 11.5 Å². The van der Waals surface area contributed by atoms with E-state index < -0.39 is 6.04 Å². The number of methoxy groups -OCH3 is 2. The summed E-state index contributed by atoms with van der Waals surface area (Å²) in [6.45, 7) is 0.877. The first-order chi connectivity index (χ1) is 18.6. The standard InChI is InChI=1S/C28H35N5O5/c1-36-22-14-19(15-23(16-22)37-2)27(28(35)29-20-8-3-4-9-20)32(17-21-10-7-13-38-21)26(34)18-33-25-12-6-5-11-24(25)30-31-33/h5-6,11-12,14-16,20-21,27H,3-4,7-10,13,17-18H2,1-2H3,(H,29,35)/t21-,27-/m0/s1. The van der Waals surface area contributed by atoms with Gasteiger partial charge in [-0.1, -0.05) is 30.2 Å². The Kier molecular flexibility index (Phi) is 8.07. The van der Waals surface area contributed by atoms with Gasteiger partial charge in [-0.25, -0.2) is 4.68 Å². The summed E-state index contributed by atoms with van der Waals surface area (Å²) in [5.74, 6) is 0.626. The van der Waals surface area contributed by atoms with E-state index in [0.29, 0.717) is 29.2 Å². The van der Waals surface area contributed by atoms with E-state index in [9.17, 15) is 9.59 Å². The number of rotatable bonds is 10. The van der Waals surface area contributed by atoms with Gasteiger partial charge in [0.1, 0.15) is 29.6 Å². The van der Waals surface area contributed by atoms with E-state index >= 15 is 0 Å². The number of para-hydroxylation sites is 1. The zero-order chi connectivity index (χ0) is 26.5. The van der Waals surface area contributed by atoms with Crippen LogP contribution in [0.2, 0.25) is 0 Å². The van der Waals surface area contributed by atoms with Gasteiger partial charge in [0.05, 0.1) is 25.8 Å². The highest BCUT2D eigenvalue weighted by molar-refractivity contribution is 5.89. The van der Waals surface area contributed by atoms with Crippen LogP contribution in [0.5, 0.6) is 11.5 Å². The van der Waals surface area contributed by atoms with Crippen molar-refractivity contribution in [1.82, 2.24) is 25.2 Å². The number of nitrogens with one attached hydrogen (secondary N) is 1. The van der Waals surface area contributed by atoms with E-state index in [1.54, 1.807) is 42.0 Å². The second-order valence-electron chi connectivity index (χ2n) is 9.96. The van der Waals surface area contributed by atoms with Crippen LogP contribution in [0.3, 0.4) is 0 Å².